The summed E-state index contributed by atoms with van der Waals surface area (Å²) in [5.41, 5.74) is 7.62. The molecule has 0 radical (unpaired) electrons. The fraction of sp³-hybridized carbons (Fsp3) is 0.533. The zero-order valence-corrected chi connectivity index (χ0v) is 13.6. The summed E-state index contributed by atoms with van der Waals surface area (Å²) in [6, 6.07) is 8.38. The number of hydrogen-bond donors (Lipinski definition) is 3. The molecule has 21 heavy (non-hydrogen) atoms. The van der Waals surface area contributed by atoms with Gasteiger partial charge in [-0.1, -0.05) is 23.7 Å². The standard InChI is InChI=1S/C15H24ClN5/c1-11-13(9-19-20-11)8-18-15(17-2)21(3)10-12-4-6-14(16)7-5-12/h4-7,11,13,19-20H,8-10H2,1-3H3,(H,17,18). The Hall–Kier alpha value is -1.30. The molecule has 0 bridgehead atoms. The van der Waals surface area contributed by atoms with E-state index in [1.165, 1.54) is 5.56 Å². The maximum Gasteiger partial charge on any atom is 0.193 e. The minimum atomic E-state index is 0.470. The van der Waals surface area contributed by atoms with E-state index in [-0.39, 0.29) is 0 Å². The van der Waals surface area contributed by atoms with Crippen molar-refractivity contribution >= 4 is 17.6 Å². The van der Waals surface area contributed by atoms with E-state index in [4.69, 9.17) is 11.6 Å². The molecule has 1 fully saturated rings. The number of hydrogen-bond acceptors (Lipinski definition) is 3. The zero-order chi connectivity index (χ0) is 15.2. The quantitative estimate of drug-likeness (QED) is 0.582. The molecule has 1 aliphatic rings. The molecular formula is C15H24ClN5. The van der Waals surface area contributed by atoms with Crippen LogP contribution in [0.1, 0.15) is 12.5 Å². The van der Waals surface area contributed by atoms with E-state index in [1.54, 1.807) is 0 Å². The first-order chi connectivity index (χ1) is 10.1. The lowest BCUT2D eigenvalue weighted by Gasteiger charge is -2.24. The maximum atomic E-state index is 5.91. The SMILES string of the molecule is CN=C(NCC1CNNC1C)N(C)Cc1ccc(Cl)cc1. The largest absolute Gasteiger partial charge is 0.356 e. The summed E-state index contributed by atoms with van der Waals surface area (Å²) in [5.74, 6) is 1.47. The van der Waals surface area contributed by atoms with Crippen LogP contribution in [0.15, 0.2) is 29.3 Å². The molecule has 1 aliphatic heterocycles. The van der Waals surface area contributed by atoms with Gasteiger partial charge < -0.3 is 10.2 Å². The molecule has 3 N–H and O–H groups in total. The van der Waals surface area contributed by atoms with Crippen molar-refractivity contribution in [3.8, 4) is 0 Å². The van der Waals surface area contributed by atoms with Gasteiger partial charge in [-0.25, -0.2) is 0 Å². The van der Waals surface area contributed by atoms with Gasteiger partial charge in [0.05, 0.1) is 0 Å². The highest BCUT2D eigenvalue weighted by atomic mass is 35.5. The van der Waals surface area contributed by atoms with Crippen LogP contribution < -0.4 is 16.2 Å². The number of nitrogens with zero attached hydrogens (tertiary/aromatic N) is 2. The van der Waals surface area contributed by atoms with E-state index < -0.39 is 0 Å². The third kappa shape index (κ3) is 4.59. The Morgan fingerprint density at radius 1 is 1.43 bits per heavy atom. The minimum Gasteiger partial charge on any atom is -0.356 e. The molecule has 6 heteroatoms. The fourth-order valence-corrected chi connectivity index (χ4v) is 2.57. The van der Waals surface area contributed by atoms with Crippen molar-refractivity contribution < 1.29 is 0 Å². The molecular weight excluding hydrogens is 286 g/mol. The summed E-state index contributed by atoms with van der Waals surface area (Å²) in [6.07, 6.45) is 0. The number of halogens is 1. The van der Waals surface area contributed by atoms with Crippen LogP contribution >= 0.6 is 11.6 Å². The Labute approximate surface area is 131 Å². The van der Waals surface area contributed by atoms with Crippen molar-refractivity contribution in [2.45, 2.75) is 19.5 Å². The highest BCUT2D eigenvalue weighted by Crippen LogP contribution is 2.11. The molecule has 2 atom stereocenters. The molecule has 0 aromatic heterocycles. The molecule has 5 nitrogen and oxygen atoms in total. The first-order valence-corrected chi connectivity index (χ1v) is 7.62. The minimum absolute atomic E-state index is 0.470. The van der Waals surface area contributed by atoms with Crippen molar-refractivity contribution in [1.82, 2.24) is 21.1 Å². The highest BCUT2D eigenvalue weighted by molar-refractivity contribution is 6.30. The van der Waals surface area contributed by atoms with Crippen molar-refractivity contribution in [2.75, 3.05) is 27.2 Å². The van der Waals surface area contributed by atoms with Gasteiger partial charge in [0, 0.05) is 50.7 Å². The molecule has 0 amide bonds. The molecule has 1 saturated heterocycles. The average molecular weight is 310 g/mol. The van der Waals surface area contributed by atoms with Crippen LogP contribution in [-0.2, 0) is 6.54 Å². The first-order valence-electron chi connectivity index (χ1n) is 7.24. The fourth-order valence-electron chi connectivity index (χ4n) is 2.44. The molecule has 0 aliphatic carbocycles. The van der Waals surface area contributed by atoms with E-state index in [2.05, 4.69) is 33.0 Å². The molecule has 116 valence electrons. The Bertz CT molecular complexity index is 473. The lowest BCUT2D eigenvalue weighted by atomic mass is 10.0. The molecule has 2 rings (SSSR count). The molecule has 1 heterocycles. The van der Waals surface area contributed by atoms with Crippen molar-refractivity contribution in [3.05, 3.63) is 34.9 Å². The molecule has 0 spiro atoms. The van der Waals surface area contributed by atoms with Crippen LogP contribution in [0, 0.1) is 5.92 Å². The third-order valence-corrected chi connectivity index (χ3v) is 4.08. The van der Waals surface area contributed by atoms with Gasteiger partial charge in [0.2, 0.25) is 0 Å². The molecule has 1 aromatic carbocycles. The monoisotopic (exact) mass is 309 g/mol. The van der Waals surface area contributed by atoms with E-state index in [9.17, 15) is 0 Å². The maximum absolute atomic E-state index is 5.91. The summed E-state index contributed by atoms with van der Waals surface area (Å²) in [4.78, 5) is 6.47. The Morgan fingerprint density at radius 3 is 2.71 bits per heavy atom. The van der Waals surface area contributed by atoms with Crippen molar-refractivity contribution in [1.29, 1.82) is 0 Å². The lowest BCUT2D eigenvalue weighted by Crippen LogP contribution is -2.42. The number of benzene rings is 1. The molecule has 0 saturated carbocycles. The number of guanidine groups is 1. The second kappa shape index (κ2) is 7.64. The summed E-state index contributed by atoms with van der Waals surface area (Å²) >= 11 is 5.91. The van der Waals surface area contributed by atoms with Crippen molar-refractivity contribution in [3.63, 3.8) is 0 Å². The smallest absolute Gasteiger partial charge is 0.193 e. The van der Waals surface area contributed by atoms with E-state index in [0.29, 0.717) is 12.0 Å². The van der Waals surface area contributed by atoms with E-state index in [1.807, 2.05) is 38.4 Å². The predicted molar refractivity (Wildman–Crippen MR) is 88.4 cm³/mol. The second-order valence-corrected chi connectivity index (χ2v) is 5.92. The lowest BCUT2D eigenvalue weighted by molar-refractivity contribution is 0.444. The van der Waals surface area contributed by atoms with E-state index in [0.717, 1.165) is 30.6 Å². The number of hydrazine groups is 1. The Morgan fingerprint density at radius 2 is 2.14 bits per heavy atom. The van der Waals surface area contributed by atoms with Gasteiger partial charge in [-0.05, 0) is 24.6 Å². The normalized spacial score (nSPS) is 22.4. The third-order valence-electron chi connectivity index (χ3n) is 3.83. The predicted octanol–water partition coefficient (Wildman–Crippen LogP) is 1.46. The average Bonchev–Trinajstić information content (AvgIpc) is 2.88. The first kappa shape index (κ1) is 16.1. The molecule has 1 aromatic rings. The Kier molecular flexibility index (Phi) is 5.85. The highest BCUT2D eigenvalue weighted by Gasteiger charge is 2.22. The summed E-state index contributed by atoms with van der Waals surface area (Å²) in [5, 5.41) is 4.21. The van der Waals surface area contributed by atoms with Crippen molar-refractivity contribution in [2.24, 2.45) is 10.9 Å². The summed E-state index contributed by atoms with van der Waals surface area (Å²) in [6.45, 7) is 4.87. The van der Waals surface area contributed by atoms with Gasteiger partial charge >= 0.3 is 0 Å². The van der Waals surface area contributed by atoms with Crippen LogP contribution in [0.2, 0.25) is 5.02 Å². The number of nitrogens with one attached hydrogen (secondary N) is 3. The van der Waals surface area contributed by atoms with Gasteiger partial charge in [-0.15, -0.1) is 0 Å². The van der Waals surface area contributed by atoms with Crippen LogP contribution in [0.3, 0.4) is 0 Å². The molecule has 2 unspecified atom stereocenters. The van der Waals surface area contributed by atoms with Gasteiger partial charge in [-0.2, -0.15) is 0 Å². The van der Waals surface area contributed by atoms with Crippen LogP contribution in [-0.4, -0.2) is 44.1 Å². The van der Waals surface area contributed by atoms with Crippen LogP contribution in [0.5, 0.6) is 0 Å². The summed E-state index contributed by atoms with van der Waals surface area (Å²) < 4.78 is 0. The van der Waals surface area contributed by atoms with Crippen LogP contribution in [0.25, 0.3) is 0 Å². The van der Waals surface area contributed by atoms with Gasteiger partial charge in [0.25, 0.3) is 0 Å². The topological polar surface area (TPSA) is 51.7 Å². The van der Waals surface area contributed by atoms with Gasteiger partial charge in [0.15, 0.2) is 5.96 Å². The Balaban J connectivity index is 1.86. The second-order valence-electron chi connectivity index (χ2n) is 5.48. The number of aliphatic imine (C=N–C) groups is 1. The summed E-state index contributed by atoms with van der Waals surface area (Å²) in [7, 11) is 3.85. The van der Waals surface area contributed by atoms with Gasteiger partial charge in [-0.3, -0.25) is 15.8 Å². The van der Waals surface area contributed by atoms with E-state index >= 15 is 0 Å². The van der Waals surface area contributed by atoms with Gasteiger partial charge in [0.1, 0.15) is 0 Å². The van der Waals surface area contributed by atoms with Crippen LogP contribution in [0.4, 0.5) is 0 Å². The number of rotatable bonds is 4. The zero-order valence-electron chi connectivity index (χ0n) is 12.9.